The van der Waals surface area contributed by atoms with Crippen molar-refractivity contribution >= 4 is 17.5 Å². The van der Waals surface area contributed by atoms with E-state index in [2.05, 4.69) is 26.7 Å². The Kier molecular flexibility index (Phi) is 4.70. The van der Waals surface area contributed by atoms with Crippen LogP contribution in [0.25, 0.3) is 0 Å². The molecule has 0 aliphatic carbocycles. The van der Waals surface area contributed by atoms with Crippen LogP contribution in [0.15, 0.2) is 54.6 Å². The van der Waals surface area contributed by atoms with Gasteiger partial charge in [-0.1, -0.05) is 24.3 Å². The number of nitrogens with zero attached hydrogens (tertiary/aromatic N) is 2. The predicted molar refractivity (Wildman–Crippen MR) is 95.0 cm³/mol. The van der Waals surface area contributed by atoms with Gasteiger partial charge in [-0.3, -0.25) is 0 Å². The van der Waals surface area contributed by atoms with Gasteiger partial charge in [0.1, 0.15) is 11.6 Å². The van der Waals surface area contributed by atoms with Crippen molar-refractivity contribution in [1.82, 2.24) is 9.97 Å². The first kappa shape index (κ1) is 15.9. The first-order chi connectivity index (χ1) is 11.6. The highest BCUT2D eigenvalue weighted by Crippen LogP contribution is 2.18. The second kappa shape index (κ2) is 7.08. The van der Waals surface area contributed by atoms with Gasteiger partial charge >= 0.3 is 0 Å². The highest BCUT2D eigenvalue weighted by Gasteiger charge is 2.03. The molecule has 0 amide bonds. The molecule has 2 N–H and O–H groups in total. The van der Waals surface area contributed by atoms with Crippen LogP contribution in [0.3, 0.4) is 0 Å². The van der Waals surface area contributed by atoms with Gasteiger partial charge in [-0.2, -0.15) is 4.98 Å². The van der Waals surface area contributed by atoms with Crippen LogP contribution >= 0.6 is 0 Å². The number of hydrogen-bond donors (Lipinski definition) is 2. The lowest BCUT2D eigenvalue weighted by atomic mass is 10.2. The summed E-state index contributed by atoms with van der Waals surface area (Å²) < 4.78 is 12.9. The van der Waals surface area contributed by atoms with E-state index in [-0.39, 0.29) is 5.82 Å². The Morgan fingerprint density at radius 2 is 1.75 bits per heavy atom. The Morgan fingerprint density at radius 1 is 0.958 bits per heavy atom. The molecular formula is C19H19FN4. The van der Waals surface area contributed by atoms with E-state index in [1.165, 1.54) is 17.7 Å². The highest BCUT2D eigenvalue weighted by atomic mass is 19.1. The van der Waals surface area contributed by atoms with Gasteiger partial charge in [0, 0.05) is 24.0 Å². The fourth-order valence-corrected chi connectivity index (χ4v) is 2.37. The monoisotopic (exact) mass is 322 g/mol. The van der Waals surface area contributed by atoms with Crippen LogP contribution in [0, 0.1) is 19.7 Å². The van der Waals surface area contributed by atoms with Gasteiger partial charge in [0.2, 0.25) is 5.95 Å². The first-order valence-corrected chi connectivity index (χ1v) is 7.76. The van der Waals surface area contributed by atoms with E-state index in [0.29, 0.717) is 12.5 Å². The summed E-state index contributed by atoms with van der Waals surface area (Å²) in [6.07, 6.45) is 0. The standard InChI is InChI=1S/C19H19FN4/c1-13-4-3-5-17(10-13)23-18-11-14(2)22-19(24-18)21-12-15-6-8-16(20)9-7-15/h3-11H,12H2,1-2H3,(H2,21,22,23,24). The molecule has 0 radical (unpaired) electrons. The van der Waals surface area contributed by atoms with Gasteiger partial charge in [-0.05, 0) is 49.2 Å². The Morgan fingerprint density at radius 3 is 2.50 bits per heavy atom. The molecule has 0 aliphatic heterocycles. The second-order valence-electron chi connectivity index (χ2n) is 5.69. The number of aromatic nitrogens is 2. The number of rotatable bonds is 5. The molecular weight excluding hydrogens is 303 g/mol. The zero-order valence-electron chi connectivity index (χ0n) is 13.7. The van der Waals surface area contributed by atoms with Crippen LogP contribution in [-0.4, -0.2) is 9.97 Å². The normalized spacial score (nSPS) is 10.5. The van der Waals surface area contributed by atoms with E-state index in [1.807, 2.05) is 38.1 Å². The Bertz CT molecular complexity index is 831. The van der Waals surface area contributed by atoms with E-state index in [9.17, 15) is 4.39 Å². The van der Waals surface area contributed by atoms with E-state index in [1.54, 1.807) is 12.1 Å². The summed E-state index contributed by atoms with van der Waals surface area (Å²) in [5.74, 6) is 1.03. The van der Waals surface area contributed by atoms with Crippen molar-refractivity contribution in [2.75, 3.05) is 10.6 Å². The number of aryl methyl sites for hydroxylation is 2. The number of hydrogen-bond acceptors (Lipinski definition) is 4. The van der Waals surface area contributed by atoms with Crippen molar-refractivity contribution in [3.8, 4) is 0 Å². The maximum atomic E-state index is 12.9. The summed E-state index contributed by atoms with van der Waals surface area (Å²) in [5.41, 5.74) is 3.99. The zero-order chi connectivity index (χ0) is 16.9. The minimum absolute atomic E-state index is 0.241. The lowest BCUT2D eigenvalue weighted by Crippen LogP contribution is -2.06. The van der Waals surface area contributed by atoms with Gasteiger partial charge in [-0.25, -0.2) is 9.37 Å². The van der Waals surface area contributed by atoms with Crippen molar-refractivity contribution in [2.24, 2.45) is 0 Å². The first-order valence-electron chi connectivity index (χ1n) is 7.76. The Hall–Kier alpha value is -2.95. The quantitative estimate of drug-likeness (QED) is 0.721. The molecule has 0 saturated heterocycles. The molecule has 0 bridgehead atoms. The van der Waals surface area contributed by atoms with Crippen LogP contribution in [0.4, 0.5) is 21.8 Å². The van der Waals surface area contributed by atoms with Crippen molar-refractivity contribution < 1.29 is 4.39 Å². The van der Waals surface area contributed by atoms with Crippen LogP contribution < -0.4 is 10.6 Å². The number of benzene rings is 2. The van der Waals surface area contributed by atoms with Crippen molar-refractivity contribution in [3.63, 3.8) is 0 Å². The van der Waals surface area contributed by atoms with E-state index in [4.69, 9.17) is 0 Å². The molecule has 0 fully saturated rings. The highest BCUT2D eigenvalue weighted by molar-refractivity contribution is 5.58. The van der Waals surface area contributed by atoms with Gasteiger partial charge in [0.15, 0.2) is 0 Å². The molecule has 4 nitrogen and oxygen atoms in total. The van der Waals surface area contributed by atoms with Crippen molar-refractivity contribution in [1.29, 1.82) is 0 Å². The predicted octanol–water partition coefficient (Wildman–Crippen LogP) is 4.59. The summed E-state index contributed by atoms with van der Waals surface area (Å²) in [7, 11) is 0. The minimum atomic E-state index is -0.241. The smallest absolute Gasteiger partial charge is 0.225 e. The van der Waals surface area contributed by atoms with E-state index < -0.39 is 0 Å². The lowest BCUT2D eigenvalue weighted by Gasteiger charge is -2.10. The maximum Gasteiger partial charge on any atom is 0.225 e. The third kappa shape index (κ3) is 4.29. The van der Waals surface area contributed by atoms with Crippen LogP contribution in [0.5, 0.6) is 0 Å². The molecule has 24 heavy (non-hydrogen) atoms. The number of halogens is 1. The molecule has 0 aliphatic rings. The average molecular weight is 322 g/mol. The SMILES string of the molecule is Cc1cccc(Nc2cc(C)nc(NCc3ccc(F)cc3)n2)c1. The molecule has 0 spiro atoms. The van der Waals surface area contributed by atoms with Gasteiger partial charge in [0.05, 0.1) is 0 Å². The topological polar surface area (TPSA) is 49.8 Å². The number of nitrogens with one attached hydrogen (secondary N) is 2. The molecule has 1 aromatic heterocycles. The maximum absolute atomic E-state index is 12.9. The average Bonchev–Trinajstić information content (AvgIpc) is 2.54. The van der Waals surface area contributed by atoms with Crippen molar-refractivity contribution in [3.05, 3.63) is 77.2 Å². The number of anilines is 3. The second-order valence-corrected chi connectivity index (χ2v) is 5.69. The van der Waals surface area contributed by atoms with Crippen LogP contribution in [0.1, 0.15) is 16.8 Å². The summed E-state index contributed by atoms with van der Waals surface area (Å²) in [5, 5.41) is 6.47. The summed E-state index contributed by atoms with van der Waals surface area (Å²) in [4.78, 5) is 8.87. The molecule has 0 unspecified atom stereocenters. The largest absolute Gasteiger partial charge is 0.350 e. The third-order valence-electron chi connectivity index (χ3n) is 3.51. The third-order valence-corrected chi connectivity index (χ3v) is 3.51. The van der Waals surface area contributed by atoms with E-state index >= 15 is 0 Å². The Balaban J connectivity index is 1.72. The van der Waals surface area contributed by atoms with Crippen LogP contribution in [0.2, 0.25) is 0 Å². The zero-order valence-corrected chi connectivity index (χ0v) is 13.7. The molecule has 5 heteroatoms. The minimum Gasteiger partial charge on any atom is -0.350 e. The molecule has 0 atom stereocenters. The summed E-state index contributed by atoms with van der Waals surface area (Å²) >= 11 is 0. The summed E-state index contributed by atoms with van der Waals surface area (Å²) in [6, 6.07) is 16.4. The molecule has 0 saturated carbocycles. The molecule has 2 aromatic carbocycles. The molecule has 3 aromatic rings. The van der Waals surface area contributed by atoms with Gasteiger partial charge in [0.25, 0.3) is 0 Å². The Labute approximate surface area is 140 Å². The fourth-order valence-electron chi connectivity index (χ4n) is 2.37. The van der Waals surface area contributed by atoms with Crippen molar-refractivity contribution in [2.45, 2.75) is 20.4 Å². The molecule has 1 heterocycles. The van der Waals surface area contributed by atoms with Gasteiger partial charge < -0.3 is 10.6 Å². The lowest BCUT2D eigenvalue weighted by molar-refractivity contribution is 0.627. The van der Waals surface area contributed by atoms with Gasteiger partial charge in [-0.15, -0.1) is 0 Å². The summed E-state index contributed by atoms with van der Waals surface area (Å²) in [6.45, 7) is 4.51. The van der Waals surface area contributed by atoms with E-state index in [0.717, 1.165) is 22.8 Å². The fraction of sp³-hybridized carbons (Fsp3) is 0.158. The van der Waals surface area contributed by atoms with Crippen LogP contribution in [-0.2, 0) is 6.54 Å². The molecule has 3 rings (SSSR count). The molecule has 122 valence electrons.